The highest BCUT2D eigenvalue weighted by Gasteiger charge is 2.33. The third-order valence-corrected chi connectivity index (χ3v) is 4.44. The highest BCUT2D eigenvalue weighted by molar-refractivity contribution is 7.71. The number of hydrogen-bond donors (Lipinski definition) is 1. The molecule has 2 aromatic heterocycles. The van der Waals surface area contributed by atoms with Crippen molar-refractivity contribution < 1.29 is 4.74 Å². The van der Waals surface area contributed by atoms with E-state index in [-0.39, 0.29) is 5.54 Å². The fraction of sp³-hybridized carbons (Fsp3) is 0.692. The number of rotatable bonds is 2. The first-order valence-corrected chi connectivity index (χ1v) is 7.24. The van der Waals surface area contributed by atoms with Crippen molar-refractivity contribution in [2.45, 2.75) is 45.7 Å². The van der Waals surface area contributed by atoms with Crippen LogP contribution in [0.15, 0.2) is 0 Å². The van der Waals surface area contributed by atoms with Gasteiger partial charge in [-0.15, -0.1) is 0 Å². The van der Waals surface area contributed by atoms with Gasteiger partial charge >= 0.3 is 0 Å². The van der Waals surface area contributed by atoms with E-state index in [1.807, 2.05) is 11.6 Å². The predicted octanol–water partition coefficient (Wildman–Crippen LogP) is 2.75. The Kier molecular flexibility index (Phi) is 3.02. The topological polar surface area (TPSA) is 47.8 Å². The summed E-state index contributed by atoms with van der Waals surface area (Å²) in [5, 5.41) is 4.58. The molecule has 0 bridgehead atoms. The molecule has 0 amide bonds. The largest absolute Gasteiger partial charge is 0.381 e. The van der Waals surface area contributed by atoms with Crippen LogP contribution in [-0.2, 0) is 16.8 Å². The number of aryl methyl sites for hydroxylation is 2. The Bertz CT molecular complexity index is 660. The van der Waals surface area contributed by atoms with E-state index in [0.717, 1.165) is 54.2 Å². The van der Waals surface area contributed by atoms with E-state index in [0.29, 0.717) is 0 Å². The minimum atomic E-state index is 0.0208. The fourth-order valence-electron chi connectivity index (χ4n) is 2.96. The van der Waals surface area contributed by atoms with E-state index in [1.165, 1.54) is 0 Å². The van der Waals surface area contributed by atoms with Gasteiger partial charge in [-0.2, -0.15) is 5.10 Å². The average molecular weight is 280 g/mol. The summed E-state index contributed by atoms with van der Waals surface area (Å²) in [4.78, 5) is 3.33. The molecule has 104 valence electrons. The summed E-state index contributed by atoms with van der Waals surface area (Å²) in [6.07, 6.45) is 1.98. The number of H-pyrrole nitrogens is 1. The molecule has 0 spiro atoms. The molecule has 1 saturated heterocycles. The predicted molar refractivity (Wildman–Crippen MR) is 77.0 cm³/mol. The van der Waals surface area contributed by atoms with Crippen LogP contribution in [0.3, 0.4) is 0 Å². The normalized spacial score (nSPS) is 19.1. The molecule has 0 radical (unpaired) electrons. The van der Waals surface area contributed by atoms with E-state index in [2.05, 4.69) is 28.5 Å². The average Bonchev–Trinajstić information content (AvgIpc) is 2.87. The van der Waals surface area contributed by atoms with Gasteiger partial charge in [0.15, 0.2) is 10.4 Å². The summed E-state index contributed by atoms with van der Waals surface area (Å²) in [6.45, 7) is 8.84. The number of nitrogens with zero attached hydrogens (tertiary/aromatic N) is 3. The zero-order valence-electron chi connectivity index (χ0n) is 11.7. The van der Waals surface area contributed by atoms with Gasteiger partial charge in [0.2, 0.25) is 0 Å². The van der Waals surface area contributed by atoms with Crippen molar-refractivity contribution in [2.24, 2.45) is 0 Å². The van der Waals surface area contributed by atoms with Crippen LogP contribution >= 0.6 is 12.2 Å². The molecule has 0 unspecified atom stereocenters. The van der Waals surface area contributed by atoms with Crippen molar-refractivity contribution in [2.75, 3.05) is 13.2 Å². The summed E-state index contributed by atoms with van der Waals surface area (Å²) in [6, 6.07) is 0. The number of hydrogen-bond acceptors (Lipinski definition) is 3. The van der Waals surface area contributed by atoms with Crippen molar-refractivity contribution >= 4 is 23.4 Å². The zero-order valence-corrected chi connectivity index (χ0v) is 12.5. The summed E-state index contributed by atoms with van der Waals surface area (Å²) in [5.74, 6) is 0. The van der Waals surface area contributed by atoms with E-state index in [4.69, 9.17) is 17.0 Å². The minimum Gasteiger partial charge on any atom is -0.381 e. The van der Waals surface area contributed by atoms with Crippen LogP contribution in [0.5, 0.6) is 0 Å². The second-order valence-corrected chi connectivity index (χ2v) is 5.86. The Balaban J connectivity index is 2.27. The molecule has 1 N–H and O–H groups in total. The van der Waals surface area contributed by atoms with Crippen LogP contribution in [0, 0.1) is 11.7 Å². The van der Waals surface area contributed by atoms with Crippen molar-refractivity contribution in [3.8, 4) is 0 Å². The molecule has 1 aliphatic rings. The first-order chi connectivity index (χ1) is 9.07. The molecule has 1 aliphatic heterocycles. The summed E-state index contributed by atoms with van der Waals surface area (Å²) < 4.78 is 10.6. The monoisotopic (exact) mass is 280 g/mol. The Labute approximate surface area is 117 Å². The lowest BCUT2D eigenvalue weighted by molar-refractivity contribution is 0.0301. The first kappa shape index (κ1) is 12.9. The maximum Gasteiger partial charge on any atom is 0.179 e. The summed E-state index contributed by atoms with van der Waals surface area (Å²) >= 11 is 5.55. The van der Waals surface area contributed by atoms with Gasteiger partial charge in [-0.3, -0.25) is 4.57 Å². The van der Waals surface area contributed by atoms with Gasteiger partial charge in [-0.05, 0) is 45.8 Å². The molecular formula is C13H20N4OS. The third-order valence-electron chi connectivity index (χ3n) is 4.16. The number of fused-ring (bicyclic) bond motifs is 1. The number of nitrogens with one attached hydrogen (secondary N) is 1. The second-order valence-electron chi connectivity index (χ2n) is 5.47. The summed E-state index contributed by atoms with van der Waals surface area (Å²) in [7, 11) is 0. The van der Waals surface area contributed by atoms with Crippen LogP contribution in [0.25, 0.3) is 11.2 Å². The first-order valence-electron chi connectivity index (χ1n) is 6.83. The standard InChI is InChI=1S/C13H20N4OS/c1-4-16-11-10(9(2)15-16)14-12(19)17(11)13(3)5-7-18-8-6-13/h4-8H2,1-3H3,(H,14,19). The fourth-order valence-corrected chi connectivity index (χ4v) is 3.37. The van der Waals surface area contributed by atoms with Crippen LogP contribution in [0.2, 0.25) is 0 Å². The lowest BCUT2D eigenvalue weighted by atomic mass is 9.92. The Morgan fingerprint density at radius 2 is 2.11 bits per heavy atom. The van der Waals surface area contributed by atoms with Crippen LogP contribution < -0.4 is 0 Å². The van der Waals surface area contributed by atoms with E-state index < -0.39 is 0 Å². The van der Waals surface area contributed by atoms with Gasteiger partial charge < -0.3 is 9.72 Å². The van der Waals surface area contributed by atoms with Crippen LogP contribution in [-0.4, -0.2) is 32.5 Å². The van der Waals surface area contributed by atoms with Crippen LogP contribution in [0.1, 0.15) is 32.4 Å². The molecule has 0 aromatic carbocycles. The number of aromatic nitrogens is 4. The molecule has 19 heavy (non-hydrogen) atoms. The van der Waals surface area contributed by atoms with Crippen molar-refractivity contribution in [3.63, 3.8) is 0 Å². The van der Waals surface area contributed by atoms with Crippen LogP contribution in [0.4, 0.5) is 0 Å². The molecular weight excluding hydrogens is 260 g/mol. The van der Waals surface area contributed by atoms with Crippen molar-refractivity contribution in [1.29, 1.82) is 0 Å². The Morgan fingerprint density at radius 1 is 1.42 bits per heavy atom. The lowest BCUT2D eigenvalue weighted by Gasteiger charge is -2.35. The minimum absolute atomic E-state index is 0.0208. The molecule has 2 aromatic rings. The van der Waals surface area contributed by atoms with Crippen molar-refractivity contribution in [3.05, 3.63) is 10.5 Å². The van der Waals surface area contributed by atoms with Gasteiger partial charge in [0.1, 0.15) is 5.52 Å². The second kappa shape index (κ2) is 4.45. The molecule has 5 nitrogen and oxygen atoms in total. The Hall–Kier alpha value is -1.14. The highest BCUT2D eigenvalue weighted by Crippen LogP contribution is 2.33. The molecule has 0 aliphatic carbocycles. The molecule has 0 saturated carbocycles. The zero-order chi connectivity index (χ0) is 13.6. The van der Waals surface area contributed by atoms with Gasteiger partial charge in [0.25, 0.3) is 0 Å². The number of aromatic amines is 1. The molecule has 6 heteroatoms. The smallest absolute Gasteiger partial charge is 0.179 e. The molecule has 1 fully saturated rings. The van der Waals surface area contributed by atoms with Gasteiger partial charge in [-0.1, -0.05) is 0 Å². The lowest BCUT2D eigenvalue weighted by Crippen LogP contribution is -2.37. The third kappa shape index (κ3) is 1.85. The quantitative estimate of drug-likeness (QED) is 0.861. The van der Waals surface area contributed by atoms with Gasteiger partial charge in [0, 0.05) is 19.8 Å². The molecule has 0 atom stereocenters. The number of imidazole rings is 1. The van der Waals surface area contributed by atoms with E-state index in [1.54, 1.807) is 0 Å². The molecule has 3 rings (SSSR count). The van der Waals surface area contributed by atoms with Crippen molar-refractivity contribution in [1.82, 2.24) is 19.3 Å². The molecule has 3 heterocycles. The maximum atomic E-state index is 5.55. The maximum absolute atomic E-state index is 5.55. The van der Waals surface area contributed by atoms with E-state index in [9.17, 15) is 0 Å². The highest BCUT2D eigenvalue weighted by atomic mass is 32.1. The SMILES string of the molecule is CCn1nc(C)c2[nH]c(=S)n(C3(C)CCOCC3)c21. The summed E-state index contributed by atoms with van der Waals surface area (Å²) in [5.41, 5.74) is 3.22. The van der Waals surface area contributed by atoms with Gasteiger partial charge in [0.05, 0.1) is 11.2 Å². The number of ether oxygens (including phenoxy) is 1. The Morgan fingerprint density at radius 3 is 2.74 bits per heavy atom. The van der Waals surface area contributed by atoms with Gasteiger partial charge in [-0.25, -0.2) is 4.68 Å². The van der Waals surface area contributed by atoms with E-state index >= 15 is 0 Å².